The van der Waals surface area contributed by atoms with Gasteiger partial charge in [0.25, 0.3) is 0 Å². The molecule has 3 aromatic rings. The Morgan fingerprint density at radius 2 is 1.53 bits per heavy atom. The summed E-state index contributed by atoms with van der Waals surface area (Å²) in [4.78, 5) is 0.381. The van der Waals surface area contributed by atoms with E-state index in [1.54, 1.807) is 36.4 Å². The molecule has 1 atom stereocenters. The van der Waals surface area contributed by atoms with Crippen molar-refractivity contribution in [1.29, 1.82) is 0 Å². The third kappa shape index (κ3) is 5.73. The summed E-state index contributed by atoms with van der Waals surface area (Å²) < 4.78 is 100. The zero-order valence-electron chi connectivity index (χ0n) is 15.4. The normalized spacial score (nSPS) is 13.1. The Morgan fingerprint density at radius 3 is 2.07 bits per heavy atom. The van der Waals surface area contributed by atoms with Crippen molar-refractivity contribution >= 4 is 30.7 Å². The molecule has 2 aromatic carbocycles. The molecule has 0 amide bonds. The minimum absolute atomic E-state index is 0.380. The Kier molecular flexibility index (Phi) is 7.20. The van der Waals surface area contributed by atoms with Gasteiger partial charge in [-0.3, -0.25) is 0 Å². The number of rotatable bonds is 3. The van der Waals surface area contributed by atoms with Gasteiger partial charge in [0.05, 0.1) is 0 Å². The van der Waals surface area contributed by atoms with E-state index in [4.69, 9.17) is 13.0 Å². The summed E-state index contributed by atoms with van der Waals surface area (Å²) >= 11 is 0. The van der Waals surface area contributed by atoms with Crippen LogP contribution in [-0.4, -0.2) is 18.5 Å². The van der Waals surface area contributed by atoms with E-state index in [1.165, 1.54) is 0 Å². The minimum atomic E-state index is -6.09. The standard InChI is InChI=1S/C18H16F3S.CHF3O3S/c1-2-6-13-7-5-9-14(11-13)17-12-15-8-3-4-10-16(15)22(17)18(19,20)21;2-1(3,4)8(5,6)7/h3-5,7-12H,2,6H2,1H3;(H,5,6,7)/q+1;/p-1. The van der Waals surface area contributed by atoms with Gasteiger partial charge < -0.3 is 4.55 Å². The molecule has 0 fully saturated rings. The zero-order chi connectivity index (χ0) is 22.7. The van der Waals surface area contributed by atoms with Crippen molar-refractivity contribution in [2.75, 3.05) is 0 Å². The second-order valence-corrected chi connectivity index (χ2v) is 9.47. The second kappa shape index (κ2) is 8.94. The van der Waals surface area contributed by atoms with Crippen LogP contribution in [-0.2, 0) is 22.0 Å². The average Bonchev–Trinajstić information content (AvgIpc) is 3.01. The monoisotopic (exact) mass is 470 g/mol. The molecule has 1 aromatic heterocycles. The molecular formula is C19H16F6O3S2. The molecule has 3 nitrogen and oxygen atoms in total. The van der Waals surface area contributed by atoms with Crippen molar-refractivity contribution in [3.63, 3.8) is 0 Å². The first-order valence-electron chi connectivity index (χ1n) is 8.49. The molecule has 0 radical (unpaired) electrons. The molecule has 1 unspecified atom stereocenters. The lowest BCUT2D eigenvalue weighted by molar-refractivity contribution is -0.0864. The maximum Gasteiger partial charge on any atom is 0.601 e. The Bertz CT molecular complexity index is 1120. The lowest BCUT2D eigenvalue weighted by Gasteiger charge is -2.08. The predicted molar refractivity (Wildman–Crippen MR) is 103 cm³/mol. The maximum atomic E-state index is 13.6. The van der Waals surface area contributed by atoms with E-state index < -0.39 is 31.6 Å². The third-order valence-corrected chi connectivity index (χ3v) is 6.55. The summed E-state index contributed by atoms with van der Waals surface area (Å²) in [6.07, 6.45) is 1.86. The van der Waals surface area contributed by atoms with E-state index in [2.05, 4.69) is 6.92 Å². The van der Waals surface area contributed by atoms with Gasteiger partial charge >= 0.3 is 11.0 Å². The van der Waals surface area contributed by atoms with E-state index in [1.807, 2.05) is 18.2 Å². The molecule has 0 spiro atoms. The summed E-state index contributed by atoms with van der Waals surface area (Å²) in [5.41, 5.74) is -8.13. The number of benzene rings is 2. The van der Waals surface area contributed by atoms with E-state index >= 15 is 0 Å². The van der Waals surface area contributed by atoms with Gasteiger partial charge in [-0.25, -0.2) is 8.42 Å². The van der Waals surface area contributed by atoms with Crippen molar-refractivity contribution in [1.82, 2.24) is 0 Å². The van der Waals surface area contributed by atoms with Crippen molar-refractivity contribution in [3.05, 3.63) is 60.2 Å². The second-order valence-electron chi connectivity index (χ2n) is 6.15. The molecule has 0 aliphatic heterocycles. The highest BCUT2D eigenvalue weighted by molar-refractivity contribution is 7.86. The number of thiophene rings is 1. The van der Waals surface area contributed by atoms with Crippen molar-refractivity contribution < 1.29 is 39.3 Å². The summed E-state index contributed by atoms with van der Waals surface area (Å²) in [6.45, 7) is 2.07. The fourth-order valence-electron chi connectivity index (χ4n) is 2.72. The fourth-order valence-corrected chi connectivity index (χ4v) is 4.64. The molecule has 1 heterocycles. The van der Waals surface area contributed by atoms with Crippen LogP contribution in [0.3, 0.4) is 0 Å². The van der Waals surface area contributed by atoms with Crippen LogP contribution < -0.4 is 0 Å². The Labute approximate surface area is 171 Å². The largest absolute Gasteiger partial charge is 0.741 e. The third-order valence-electron chi connectivity index (χ3n) is 3.91. The quantitative estimate of drug-likeness (QED) is 0.184. The Hall–Kier alpha value is -2.11. The molecule has 0 bridgehead atoms. The maximum absolute atomic E-state index is 13.6. The van der Waals surface area contributed by atoms with E-state index in [9.17, 15) is 26.3 Å². The van der Waals surface area contributed by atoms with Crippen LogP contribution in [0.2, 0.25) is 0 Å². The van der Waals surface area contributed by atoms with Crippen LogP contribution in [0.25, 0.3) is 20.5 Å². The number of fused-ring (bicyclic) bond motifs is 1. The molecule has 11 heteroatoms. The number of halogens is 6. The van der Waals surface area contributed by atoms with Crippen molar-refractivity contribution in [2.24, 2.45) is 0 Å². The van der Waals surface area contributed by atoms with Crippen LogP contribution >= 0.6 is 10.5 Å². The molecule has 0 N–H and O–H groups in total. The molecule has 0 saturated heterocycles. The Morgan fingerprint density at radius 1 is 0.933 bits per heavy atom. The van der Waals surface area contributed by atoms with Crippen molar-refractivity contribution in [3.8, 4) is 10.4 Å². The highest BCUT2D eigenvalue weighted by Crippen LogP contribution is 2.54. The van der Waals surface area contributed by atoms with Gasteiger partial charge in [-0.15, -0.1) is 13.2 Å². The fraction of sp³-hybridized carbons (Fsp3) is 0.263. The van der Waals surface area contributed by atoms with Crippen LogP contribution in [0.15, 0.2) is 54.6 Å². The van der Waals surface area contributed by atoms with E-state index in [0.717, 1.165) is 18.4 Å². The van der Waals surface area contributed by atoms with Gasteiger partial charge in [0.2, 0.25) is 0 Å². The van der Waals surface area contributed by atoms with Gasteiger partial charge in [0.15, 0.2) is 19.7 Å². The highest BCUT2D eigenvalue weighted by atomic mass is 32.2. The molecule has 164 valence electrons. The van der Waals surface area contributed by atoms with Crippen LogP contribution in [0.5, 0.6) is 0 Å². The molecular weight excluding hydrogens is 454 g/mol. The predicted octanol–water partition coefficient (Wildman–Crippen LogP) is 6.74. The highest BCUT2D eigenvalue weighted by Gasteiger charge is 2.48. The summed E-state index contributed by atoms with van der Waals surface area (Å²) in [5, 5.41) is 0.680. The van der Waals surface area contributed by atoms with Crippen molar-refractivity contribution in [2.45, 2.75) is 30.8 Å². The van der Waals surface area contributed by atoms with E-state index in [-0.39, 0.29) is 0 Å². The van der Waals surface area contributed by atoms with Crippen LogP contribution in [0.4, 0.5) is 26.3 Å². The lowest BCUT2D eigenvalue weighted by Crippen LogP contribution is -2.21. The number of alkyl halides is 6. The first-order valence-corrected chi connectivity index (χ1v) is 11.1. The minimum Gasteiger partial charge on any atom is -0.741 e. The Balaban J connectivity index is 0.000000343. The zero-order valence-corrected chi connectivity index (χ0v) is 17.1. The molecule has 0 aliphatic carbocycles. The number of hydrogen-bond donors (Lipinski definition) is 0. The van der Waals surface area contributed by atoms with Crippen LogP contribution in [0, 0.1) is 0 Å². The summed E-state index contributed by atoms with van der Waals surface area (Å²) in [7, 11) is -7.95. The molecule has 0 saturated carbocycles. The van der Waals surface area contributed by atoms with Gasteiger partial charge in [-0.2, -0.15) is 13.2 Å². The number of hydrogen-bond acceptors (Lipinski definition) is 3. The van der Waals surface area contributed by atoms with E-state index in [0.29, 0.717) is 20.5 Å². The molecule has 0 aliphatic rings. The summed E-state index contributed by atoms with van der Waals surface area (Å²) in [5.74, 6) is 0. The summed E-state index contributed by atoms with van der Waals surface area (Å²) in [6, 6.07) is 16.0. The first-order chi connectivity index (χ1) is 13.8. The first kappa shape index (κ1) is 24.2. The van der Waals surface area contributed by atoms with Gasteiger partial charge in [0.1, 0.15) is 10.5 Å². The average molecular weight is 470 g/mol. The van der Waals surface area contributed by atoms with Gasteiger partial charge in [0, 0.05) is 17.0 Å². The van der Waals surface area contributed by atoms with Crippen LogP contribution in [0.1, 0.15) is 18.9 Å². The lowest BCUT2D eigenvalue weighted by atomic mass is 10.1. The topological polar surface area (TPSA) is 57.2 Å². The SMILES string of the molecule is CCCc1cccc(-c2cc3ccccc3[s+]2C(F)(F)F)c1.O=S(=O)([O-])C(F)(F)F. The molecule has 3 rings (SSSR count). The van der Waals surface area contributed by atoms with Gasteiger partial charge in [-0.05, 0) is 36.2 Å². The van der Waals surface area contributed by atoms with Gasteiger partial charge in [-0.1, -0.05) is 37.6 Å². The number of aryl methyl sites for hydroxylation is 1. The smallest absolute Gasteiger partial charge is 0.601 e. The molecule has 30 heavy (non-hydrogen) atoms.